The standard InChI is InChI=1S/C38H41BrClN3O4S/c1-27-19-21-33(22-20-27)48(46,47)43(35-18-10-17-34(40)28(35)2)26-37(44)42(25-30-13-9-14-31(39)23-30)36(24-29-11-5-3-6-12-29)38(45)41-32-15-7-4-8-16-32/h3,5-6,9-14,17-23,32,36H,4,7-8,15-16,24-26H2,1-2H3,(H,41,45)/t36-/m1/s1. The Labute approximate surface area is 297 Å². The molecule has 0 saturated heterocycles. The molecule has 1 fully saturated rings. The maximum atomic E-state index is 14.8. The van der Waals surface area contributed by atoms with E-state index in [0.29, 0.717) is 16.3 Å². The molecule has 2 amide bonds. The number of amides is 2. The summed E-state index contributed by atoms with van der Waals surface area (Å²) in [7, 11) is -4.23. The predicted molar refractivity (Wildman–Crippen MR) is 196 cm³/mol. The smallest absolute Gasteiger partial charge is 0.264 e. The molecule has 4 aromatic rings. The second-order valence-corrected chi connectivity index (χ2v) is 15.6. The monoisotopic (exact) mass is 749 g/mol. The molecule has 0 unspecified atom stereocenters. The van der Waals surface area contributed by atoms with E-state index in [2.05, 4.69) is 21.2 Å². The Kier molecular flexibility index (Phi) is 12.0. The van der Waals surface area contributed by atoms with Gasteiger partial charge in [0.15, 0.2) is 0 Å². The molecule has 1 N–H and O–H groups in total. The van der Waals surface area contributed by atoms with Gasteiger partial charge in [0, 0.05) is 28.5 Å². The average molecular weight is 751 g/mol. The third-order valence-corrected chi connectivity index (χ3v) is 11.5. The Hall–Kier alpha value is -3.66. The summed E-state index contributed by atoms with van der Waals surface area (Å²) in [5.41, 5.74) is 3.42. The van der Waals surface area contributed by atoms with E-state index in [1.807, 2.05) is 61.5 Å². The van der Waals surface area contributed by atoms with Crippen LogP contribution in [0.1, 0.15) is 54.4 Å². The Balaban J connectivity index is 1.59. The number of carbonyl (C=O) groups excluding carboxylic acids is 2. The number of nitrogens with one attached hydrogen (secondary N) is 1. The van der Waals surface area contributed by atoms with Crippen LogP contribution in [0.15, 0.2) is 106 Å². The zero-order valence-corrected chi connectivity index (χ0v) is 30.4. The third kappa shape index (κ3) is 8.87. The van der Waals surface area contributed by atoms with E-state index in [9.17, 15) is 18.0 Å². The molecule has 0 aliphatic heterocycles. The minimum absolute atomic E-state index is 0.0277. The minimum Gasteiger partial charge on any atom is -0.352 e. The Morgan fingerprint density at radius 2 is 1.54 bits per heavy atom. The van der Waals surface area contributed by atoms with Gasteiger partial charge in [0.1, 0.15) is 12.6 Å². The van der Waals surface area contributed by atoms with Gasteiger partial charge < -0.3 is 10.2 Å². The van der Waals surface area contributed by atoms with Crippen molar-refractivity contribution in [3.8, 4) is 0 Å². The van der Waals surface area contributed by atoms with Crippen LogP contribution >= 0.6 is 27.5 Å². The highest BCUT2D eigenvalue weighted by molar-refractivity contribution is 9.10. The normalized spacial score (nSPS) is 14.2. The van der Waals surface area contributed by atoms with Crippen LogP contribution in [0.25, 0.3) is 0 Å². The van der Waals surface area contributed by atoms with Crippen LogP contribution in [0.4, 0.5) is 5.69 Å². The number of hydrogen-bond acceptors (Lipinski definition) is 4. The summed E-state index contributed by atoms with van der Waals surface area (Å²) in [5.74, 6) is -0.759. The maximum Gasteiger partial charge on any atom is 0.264 e. The Bertz CT molecular complexity index is 1830. The fraction of sp³-hybridized carbons (Fsp3) is 0.316. The van der Waals surface area contributed by atoms with Crippen molar-refractivity contribution in [2.45, 2.75) is 75.9 Å². The van der Waals surface area contributed by atoms with Gasteiger partial charge in [0.05, 0.1) is 10.6 Å². The quantitative estimate of drug-likeness (QED) is 0.159. The van der Waals surface area contributed by atoms with Crippen LogP contribution in [0.3, 0.4) is 0 Å². The van der Waals surface area contributed by atoms with E-state index in [-0.39, 0.29) is 29.8 Å². The highest BCUT2D eigenvalue weighted by atomic mass is 79.9. The summed E-state index contributed by atoms with van der Waals surface area (Å²) in [6.45, 7) is 3.17. The molecule has 4 aromatic carbocycles. The first kappa shape index (κ1) is 35.6. The van der Waals surface area contributed by atoms with Gasteiger partial charge in [-0.15, -0.1) is 0 Å². The molecule has 10 heteroatoms. The second-order valence-electron chi connectivity index (χ2n) is 12.4. The minimum atomic E-state index is -4.23. The summed E-state index contributed by atoms with van der Waals surface area (Å²) >= 11 is 10.0. The lowest BCUT2D eigenvalue weighted by Gasteiger charge is -2.35. The summed E-state index contributed by atoms with van der Waals surface area (Å²) in [6.07, 6.45) is 5.27. The molecule has 0 radical (unpaired) electrons. The first-order valence-corrected chi connectivity index (χ1v) is 18.9. The number of anilines is 1. The summed E-state index contributed by atoms with van der Waals surface area (Å²) in [4.78, 5) is 30.6. The van der Waals surface area contributed by atoms with Crippen molar-refractivity contribution in [1.29, 1.82) is 0 Å². The van der Waals surface area contributed by atoms with Crippen LogP contribution in [0, 0.1) is 13.8 Å². The summed E-state index contributed by atoms with van der Waals surface area (Å²) in [6, 6.07) is 27.8. The molecule has 0 heterocycles. The number of nitrogens with zero attached hydrogens (tertiary/aromatic N) is 2. The van der Waals surface area contributed by atoms with Crippen molar-refractivity contribution in [2.24, 2.45) is 0 Å². The van der Waals surface area contributed by atoms with Gasteiger partial charge in [0.2, 0.25) is 11.8 Å². The van der Waals surface area contributed by atoms with Crippen molar-refractivity contribution in [3.05, 3.63) is 129 Å². The summed E-state index contributed by atoms with van der Waals surface area (Å²) in [5, 5.41) is 3.62. The molecule has 1 aliphatic carbocycles. The Morgan fingerprint density at radius 1 is 0.875 bits per heavy atom. The van der Waals surface area contributed by atoms with E-state index >= 15 is 0 Å². The lowest BCUT2D eigenvalue weighted by atomic mass is 9.94. The largest absolute Gasteiger partial charge is 0.352 e. The van der Waals surface area contributed by atoms with E-state index < -0.39 is 28.5 Å². The van der Waals surface area contributed by atoms with E-state index in [1.54, 1.807) is 37.3 Å². The van der Waals surface area contributed by atoms with Crippen LogP contribution < -0.4 is 9.62 Å². The highest BCUT2D eigenvalue weighted by Gasteiger charge is 2.36. The number of benzene rings is 4. The zero-order chi connectivity index (χ0) is 34.3. The SMILES string of the molecule is Cc1ccc(S(=O)(=O)N(CC(=O)N(Cc2cccc(Br)c2)[C@H](Cc2ccccc2)C(=O)NC2CCCCC2)c2cccc(Cl)c2C)cc1. The van der Waals surface area contributed by atoms with Crippen molar-refractivity contribution >= 4 is 55.1 Å². The molecule has 5 rings (SSSR count). The fourth-order valence-electron chi connectivity index (χ4n) is 6.15. The van der Waals surface area contributed by atoms with Crippen molar-refractivity contribution in [1.82, 2.24) is 10.2 Å². The van der Waals surface area contributed by atoms with E-state index in [0.717, 1.165) is 57.6 Å². The molecule has 48 heavy (non-hydrogen) atoms. The van der Waals surface area contributed by atoms with Crippen LogP contribution in [0.2, 0.25) is 5.02 Å². The third-order valence-electron chi connectivity index (χ3n) is 8.86. The lowest BCUT2D eigenvalue weighted by Crippen LogP contribution is -2.55. The number of carbonyl (C=O) groups is 2. The average Bonchev–Trinajstić information content (AvgIpc) is 3.07. The second kappa shape index (κ2) is 16.2. The maximum absolute atomic E-state index is 14.8. The van der Waals surface area contributed by atoms with Crippen LogP contribution in [0.5, 0.6) is 0 Å². The number of rotatable bonds is 12. The highest BCUT2D eigenvalue weighted by Crippen LogP contribution is 2.32. The molecule has 1 saturated carbocycles. The number of halogens is 2. The zero-order valence-electron chi connectivity index (χ0n) is 27.2. The van der Waals surface area contributed by atoms with Gasteiger partial charge in [-0.25, -0.2) is 8.42 Å². The van der Waals surface area contributed by atoms with Gasteiger partial charge in [0.25, 0.3) is 10.0 Å². The van der Waals surface area contributed by atoms with Crippen molar-refractivity contribution < 1.29 is 18.0 Å². The van der Waals surface area contributed by atoms with Crippen LogP contribution in [-0.4, -0.2) is 43.8 Å². The topological polar surface area (TPSA) is 86.8 Å². The molecule has 0 spiro atoms. The van der Waals surface area contributed by atoms with Gasteiger partial charge in [-0.2, -0.15) is 0 Å². The first-order chi connectivity index (χ1) is 23.0. The molecule has 252 valence electrons. The molecule has 0 aromatic heterocycles. The molecule has 7 nitrogen and oxygen atoms in total. The molecule has 1 aliphatic rings. The fourth-order valence-corrected chi connectivity index (χ4v) is 8.24. The number of sulfonamides is 1. The van der Waals surface area contributed by atoms with Crippen molar-refractivity contribution in [2.75, 3.05) is 10.8 Å². The Morgan fingerprint density at radius 3 is 2.23 bits per heavy atom. The summed E-state index contributed by atoms with van der Waals surface area (Å²) < 4.78 is 30.7. The van der Waals surface area contributed by atoms with E-state index in [1.165, 1.54) is 17.0 Å². The number of aryl methyl sites for hydroxylation is 1. The van der Waals surface area contributed by atoms with Gasteiger partial charge in [-0.1, -0.05) is 113 Å². The lowest BCUT2D eigenvalue weighted by molar-refractivity contribution is -0.140. The van der Waals surface area contributed by atoms with Gasteiger partial charge in [-0.05, 0) is 79.8 Å². The van der Waals surface area contributed by atoms with Gasteiger partial charge >= 0.3 is 0 Å². The van der Waals surface area contributed by atoms with Crippen LogP contribution in [-0.2, 0) is 32.6 Å². The molecule has 1 atom stereocenters. The molecular weight excluding hydrogens is 710 g/mol. The number of hydrogen-bond donors (Lipinski definition) is 1. The van der Waals surface area contributed by atoms with E-state index in [4.69, 9.17) is 11.6 Å². The first-order valence-electron chi connectivity index (χ1n) is 16.3. The molecular formula is C38H41BrClN3O4S. The van der Waals surface area contributed by atoms with Crippen molar-refractivity contribution in [3.63, 3.8) is 0 Å². The molecule has 0 bridgehead atoms. The van der Waals surface area contributed by atoms with Gasteiger partial charge in [-0.3, -0.25) is 13.9 Å². The predicted octanol–water partition coefficient (Wildman–Crippen LogP) is 8.00.